The predicted molar refractivity (Wildman–Crippen MR) is 52.2 cm³/mol. The van der Waals surface area contributed by atoms with Gasteiger partial charge in [0.05, 0.1) is 18.3 Å². The summed E-state index contributed by atoms with van der Waals surface area (Å²) in [6.45, 7) is 0. The van der Waals surface area contributed by atoms with Crippen LogP contribution < -0.4 is 5.11 Å². The van der Waals surface area contributed by atoms with Crippen molar-refractivity contribution in [1.29, 1.82) is 0 Å². The van der Waals surface area contributed by atoms with Gasteiger partial charge in [0.15, 0.2) is 0 Å². The van der Waals surface area contributed by atoms with Gasteiger partial charge in [-0.05, 0) is 0 Å². The molecule has 1 aromatic heterocycles. The van der Waals surface area contributed by atoms with Crippen LogP contribution in [0.4, 0.5) is 0 Å². The molecular weight excluding hydrogens is 226 g/mol. The van der Waals surface area contributed by atoms with Crippen LogP contribution in [0.3, 0.4) is 0 Å². The second kappa shape index (κ2) is 4.36. The number of aromatic amines is 1. The second-order valence-electron chi connectivity index (χ2n) is 3.77. The maximum atomic E-state index is 11.4. The maximum Gasteiger partial charge on any atom is 0.230 e. The van der Waals surface area contributed by atoms with Crippen molar-refractivity contribution in [2.75, 3.05) is 0 Å². The summed E-state index contributed by atoms with van der Waals surface area (Å²) < 4.78 is 0. The number of hydrogen-bond acceptors (Lipinski definition) is 5. The Morgan fingerprint density at radius 3 is 2.59 bits per heavy atom. The Balaban J connectivity index is 2.20. The minimum Gasteiger partial charge on any atom is -0.548 e. The van der Waals surface area contributed by atoms with Crippen LogP contribution in [0.15, 0.2) is 12.5 Å². The molecule has 1 saturated heterocycles. The van der Waals surface area contributed by atoms with Crippen LogP contribution in [-0.4, -0.2) is 38.7 Å². The third-order valence-electron chi connectivity index (χ3n) is 2.64. The number of hydrogen-bond donors (Lipinski definition) is 1. The first-order valence-electron chi connectivity index (χ1n) is 5.12. The molecule has 1 atom stereocenters. The standard InChI is InChI=1S/C10H11N3O4/c14-8-1-2-9(15)13(8)7(10(16)17)3-6-4-11-5-12-6/h4-5,7H,1-3H2,(H,11,12)(H,16,17)/p-1/t7-/m0/s1. The third-order valence-corrected chi connectivity index (χ3v) is 2.64. The molecule has 0 bridgehead atoms. The second-order valence-corrected chi connectivity index (χ2v) is 3.77. The Morgan fingerprint density at radius 1 is 1.47 bits per heavy atom. The van der Waals surface area contributed by atoms with Gasteiger partial charge in [-0.3, -0.25) is 14.5 Å². The van der Waals surface area contributed by atoms with Gasteiger partial charge in [0.25, 0.3) is 0 Å². The lowest BCUT2D eigenvalue weighted by Gasteiger charge is -2.26. The monoisotopic (exact) mass is 236 g/mol. The zero-order valence-electron chi connectivity index (χ0n) is 8.88. The summed E-state index contributed by atoms with van der Waals surface area (Å²) in [6.07, 6.45) is 2.95. The lowest BCUT2D eigenvalue weighted by Crippen LogP contribution is -2.51. The molecular formula is C10H10N3O4-. The van der Waals surface area contributed by atoms with Crippen LogP contribution in [0, 0.1) is 0 Å². The van der Waals surface area contributed by atoms with E-state index in [-0.39, 0.29) is 19.3 Å². The Kier molecular flexibility index (Phi) is 2.90. The van der Waals surface area contributed by atoms with Gasteiger partial charge >= 0.3 is 0 Å². The van der Waals surface area contributed by atoms with E-state index in [1.165, 1.54) is 12.5 Å². The van der Waals surface area contributed by atoms with Crippen molar-refractivity contribution >= 4 is 17.8 Å². The summed E-state index contributed by atoms with van der Waals surface area (Å²) in [5.41, 5.74) is 0.534. The molecule has 7 nitrogen and oxygen atoms in total. The van der Waals surface area contributed by atoms with Crippen molar-refractivity contribution < 1.29 is 19.5 Å². The number of nitrogens with zero attached hydrogens (tertiary/aromatic N) is 2. The van der Waals surface area contributed by atoms with Crippen LogP contribution in [0.25, 0.3) is 0 Å². The lowest BCUT2D eigenvalue weighted by molar-refractivity contribution is -0.310. The van der Waals surface area contributed by atoms with Crippen LogP contribution in [0.2, 0.25) is 0 Å². The van der Waals surface area contributed by atoms with Gasteiger partial charge in [-0.25, -0.2) is 4.98 Å². The van der Waals surface area contributed by atoms with E-state index in [1.54, 1.807) is 0 Å². The zero-order chi connectivity index (χ0) is 12.4. The number of aromatic nitrogens is 2. The Morgan fingerprint density at radius 2 is 2.12 bits per heavy atom. The largest absolute Gasteiger partial charge is 0.548 e. The highest BCUT2D eigenvalue weighted by Crippen LogP contribution is 2.17. The number of rotatable bonds is 4. The van der Waals surface area contributed by atoms with Crippen LogP contribution >= 0.6 is 0 Å². The van der Waals surface area contributed by atoms with E-state index in [4.69, 9.17) is 0 Å². The number of carbonyl (C=O) groups is 3. The molecule has 7 heteroatoms. The fourth-order valence-corrected chi connectivity index (χ4v) is 1.83. The van der Waals surface area contributed by atoms with Crippen molar-refractivity contribution in [2.24, 2.45) is 0 Å². The molecule has 90 valence electrons. The maximum absolute atomic E-state index is 11.4. The van der Waals surface area contributed by atoms with Crippen molar-refractivity contribution in [3.8, 4) is 0 Å². The van der Waals surface area contributed by atoms with E-state index in [1.807, 2.05) is 0 Å². The van der Waals surface area contributed by atoms with Gasteiger partial charge in [0.2, 0.25) is 11.8 Å². The summed E-state index contributed by atoms with van der Waals surface area (Å²) in [4.78, 5) is 41.1. The van der Waals surface area contributed by atoms with Crippen LogP contribution in [0.5, 0.6) is 0 Å². The molecule has 1 aliphatic heterocycles. The minimum absolute atomic E-state index is 0.0141. The third kappa shape index (κ3) is 2.17. The smallest absolute Gasteiger partial charge is 0.230 e. The van der Waals surface area contributed by atoms with E-state index in [9.17, 15) is 19.5 Å². The van der Waals surface area contributed by atoms with Gasteiger partial charge in [0, 0.05) is 31.2 Å². The van der Waals surface area contributed by atoms with E-state index >= 15 is 0 Å². The minimum atomic E-state index is -1.44. The number of carbonyl (C=O) groups excluding carboxylic acids is 3. The van der Waals surface area contributed by atoms with Crippen LogP contribution in [-0.2, 0) is 20.8 Å². The molecule has 1 aliphatic rings. The Labute approximate surface area is 96.4 Å². The van der Waals surface area contributed by atoms with E-state index in [0.29, 0.717) is 5.69 Å². The lowest BCUT2D eigenvalue weighted by atomic mass is 10.1. The number of nitrogens with one attached hydrogen (secondary N) is 1. The van der Waals surface area contributed by atoms with Crippen LogP contribution in [0.1, 0.15) is 18.5 Å². The number of carboxylic acid groups (broad SMARTS) is 1. The Hall–Kier alpha value is -2.18. The summed E-state index contributed by atoms with van der Waals surface area (Å²) in [7, 11) is 0. The first kappa shape index (κ1) is 11.3. The SMILES string of the molecule is O=C([O-])[C@H](Cc1cnc[nH]1)N1C(=O)CCC1=O. The van der Waals surface area contributed by atoms with Crippen molar-refractivity contribution in [3.05, 3.63) is 18.2 Å². The zero-order valence-corrected chi connectivity index (χ0v) is 8.88. The number of imidazole rings is 1. The number of likely N-dealkylation sites (tertiary alicyclic amines) is 1. The molecule has 0 aromatic carbocycles. The predicted octanol–water partition coefficient (Wildman–Crippen LogP) is -1.78. The molecule has 1 N–H and O–H groups in total. The highest BCUT2D eigenvalue weighted by atomic mass is 16.4. The summed E-state index contributed by atoms with van der Waals surface area (Å²) in [5.74, 6) is -2.38. The van der Waals surface area contributed by atoms with Gasteiger partial charge in [0.1, 0.15) is 0 Å². The molecule has 0 radical (unpaired) electrons. The van der Waals surface area contributed by atoms with E-state index in [0.717, 1.165) is 4.90 Å². The van der Waals surface area contributed by atoms with Gasteiger partial charge in [-0.15, -0.1) is 0 Å². The fraction of sp³-hybridized carbons (Fsp3) is 0.400. The number of imide groups is 1. The molecule has 2 rings (SSSR count). The molecule has 1 aromatic rings. The molecule has 1 fully saturated rings. The quantitative estimate of drug-likeness (QED) is 0.622. The molecule has 2 amide bonds. The van der Waals surface area contributed by atoms with E-state index in [2.05, 4.69) is 9.97 Å². The average Bonchev–Trinajstić information content (AvgIpc) is 2.87. The normalized spacial score (nSPS) is 17.5. The van der Waals surface area contributed by atoms with Crippen molar-refractivity contribution in [2.45, 2.75) is 25.3 Å². The highest BCUT2D eigenvalue weighted by molar-refractivity contribution is 6.04. The molecule has 2 heterocycles. The number of amides is 2. The fourth-order valence-electron chi connectivity index (χ4n) is 1.83. The van der Waals surface area contributed by atoms with Gasteiger partial charge in [-0.1, -0.05) is 0 Å². The topological polar surface area (TPSA) is 106 Å². The van der Waals surface area contributed by atoms with Gasteiger partial charge < -0.3 is 14.9 Å². The molecule has 17 heavy (non-hydrogen) atoms. The molecule has 0 unspecified atom stereocenters. The molecule has 0 aliphatic carbocycles. The Bertz CT molecular complexity index is 438. The van der Waals surface area contributed by atoms with E-state index < -0.39 is 23.8 Å². The average molecular weight is 236 g/mol. The first-order valence-corrected chi connectivity index (χ1v) is 5.12. The molecule has 0 spiro atoms. The summed E-state index contributed by atoms with van der Waals surface area (Å²) in [5, 5.41) is 11.0. The highest BCUT2D eigenvalue weighted by Gasteiger charge is 2.35. The number of carboxylic acids is 1. The number of aliphatic carboxylic acids is 1. The van der Waals surface area contributed by atoms with Gasteiger partial charge in [-0.2, -0.15) is 0 Å². The summed E-state index contributed by atoms with van der Waals surface area (Å²) >= 11 is 0. The van der Waals surface area contributed by atoms with Crippen molar-refractivity contribution in [3.63, 3.8) is 0 Å². The van der Waals surface area contributed by atoms with Crippen molar-refractivity contribution in [1.82, 2.24) is 14.9 Å². The number of H-pyrrole nitrogens is 1. The first-order chi connectivity index (χ1) is 8.09. The summed E-state index contributed by atoms with van der Waals surface area (Å²) in [6, 6.07) is -1.27. The molecule has 0 saturated carbocycles.